The molecule has 0 amide bonds. The Morgan fingerprint density at radius 1 is 1.21 bits per heavy atom. The van der Waals surface area contributed by atoms with Gasteiger partial charge in [0, 0.05) is 25.1 Å². The van der Waals surface area contributed by atoms with Crippen LogP contribution in [0, 0.1) is 18.8 Å². The third-order valence-corrected chi connectivity index (χ3v) is 4.02. The number of rotatable bonds is 7. The van der Waals surface area contributed by atoms with Gasteiger partial charge in [-0.05, 0) is 29.9 Å². The molecule has 1 unspecified atom stereocenters. The lowest BCUT2D eigenvalue weighted by Crippen LogP contribution is -2.38. The zero-order valence-corrected chi connectivity index (χ0v) is 13.0. The number of benzene rings is 1. The second kappa shape index (κ2) is 7.06. The van der Waals surface area contributed by atoms with Crippen LogP contribution >= 0.6 is 0 Å². The van der Waals surface area contributed by atoms with Crippen molar-refractivity contribution in [1.29, 1.82) is 0 Å². The van der Waals surface area contributed by atoms with E-state index in [1.165, 1.54) is 11.1 Å². The van der Waals surface area contributed by atoms with Crippen molar-refractivity contribution in [2.45, 2.75) is 40.0 Å². The molecule has 1 aromatic rings. The third kappa shape index (κ3) is 4.63. The second-order valence-corrected chi connectivity index (χ2v) is 6.52. The lowest BCUT2D eigenvalue weighted by atomic mass is 9.82. The van der Waals surface area contributed by atoms with Crippen molar-refractivity contribution in [1.82, 2.24) is 5.32 Å². The molecule has 1 aromatic carbocycles. The summed E-state index contributed by atoms with van der Waals surface area (Å²) in [4.78, 5) is 0. The zero-order chi connectivity index (χ0) is 14.5. The maximum Gasteiger partial charge on any atom is 0.0473 e. The van der Waals surface area contributed by atoms with Crippen LogP contribution in [0.15, 0.2) is 24.3 Å². The van der Waals surface area contributed by atoms with Crippen LogP contribution in [0.4, 0.5) is 0 Å². The fourth-order valence-corrected chi connectivity index (χ4v) is 2.51. The standard InChI is InChI=1S/C17H29NO/c1-13(2)15(11-19)10-18-12-17(4,5)16-9-7-6-8-14(16)3/h6-9,13,15,18-19H,10-12H2,1-5H3. The van der Waals surface area contributed by atoms with Crippen molar-refractivity contribution in [3.63, 3.8) is 0 Å². The minimum absolute atomic E-state index is 0.113. The lowest BCUT2D eigenvalue weighted by Gasteiger charge is -2.29. The summed E-state index contributed by atoms with van der Waals surface area (Å²) in [6.07, 6.45) is 0. The van der Waals surface area contributed by atoms with Crippen molar-refractivity contribution in [2.75, 3.05) is 19.7 Å². The lowest BCUT2D eigenvalue weighted by molar-refractivity contribution is 0.184. The first-order chi connectivity index (χ1) is 8.88. The summed E-state index contributed by atoms with van der Waals surface area (Å²) in [7, 11) is 0. The highest BCUT2D eigenvalue weighted by Crippen LogP contribution is 2.25. The van der Waals surface area contributed by atoms with Crippen LogP contribution in [-0.4, -0.2) is 24.8 Å². The Kier molecular flexibility index (Phi) is 6.02. The molecule has 0 aromatic heterocycles. The molecular formula is C17H29NO. The SMILES string of the molecule is Cc1ccccc1C(C)(C)CNCC(CO)C(C)C. The molecule has 1 rings (SSSR count). The Morgan fingerprint density at radius 2 is 1.84 bits per heavy atom. The van der Waals surface area contributed by atoms with E-state index in [-0.39, 0.29) is 12.0 Å². The van der Waals surface area contributed by atoms with E-state index >= 15 is 0 Å². The molecule has 19 heavy (non-hydrogen) atoms. The molecule has 2 N–H and O–H groups in total. The molecule has 0 saturated heterocycles. The van der Waals surface area contributed by atoms with Gasteiger partial charge >= 0.3 is 0 Å². The van der Waals surface area contributed by atoms with Gasteiger partial charge in [-0.3, -0.25) is 0 Å². The molecule has 0 fully saturated rings. The van der Waals surface area contributed by atoms with Gasteiger partial charge in [0.2, 0.25) is 0 Å². The van der Waals surface area contributed by atoms with Gasteiger partial charge in [-0.2, -0.15) is 0 Å². The summed E-state index contributed by atoms with van der Waals surface area (Å²) in [5, 5.41) is 12.9. The van der Waals surface area contributed by atoms with E-state index in [0.29, 0.717) is 11.8 Å². The summed E-state index contributed by atoms with van der Waals surface area (Å²) < 4.78 is 0. The van der Waals surface area contributed by atoms with Gasteiger partial charge in [-0.1, -0.05) is 52.0 Å². The van der Waals surface area contributed by atoms with E-state index < -0.39 is 0 Å². The molecule has 108 valence electrons. The number of aryl methyl sites for hydroxylation is 1. The average molecular weight is 263 g/mol. The first kappa shape index (κ1) is 16.2. The molecule has 0 spiro atoms. The molecule has 0 bridgehead atoms. The fraction of sp³-hybridized carbons (Fsp3) is 0.647. The Morgan fingerprint density at radius 3 is 2.37 bits per heavy atom. The minimum Gasteiger partial charge on any atom is -0.396 e. The highest BCUT2D eigenvalue weighted by atomic mass is 16.3. The van der Waals surface area contributed by atoms with Gasteiger partial charge in [0.15, 0.2) is 0 Å². The smallest absolute Gasteiger partial charge is 0.0473 e. The molecule has 1 atom stereocenters. The van der Waals surface area contributed by atoms with Crippen molar-refractivity contribution in [3.05, 3.63) is 35.4 Å². The van der Waals surface area contributed by atoms with Crippen LogP contribution in [0.2, 0.25) is 0 Å². The number of nitrogens with one attached hydrogen (secondary N) is 1. The van der Waals surface area contributed by atoms with Crippen LogP contribution in [0.1, 0.15) is 38.8 Å². The summed E-state index contributed by atoms with van der Waals surface area (Å²) in [6.45, 7) is 13.1. The van der Waals surface area contributed by atoms with Gasteiger partial charge < -0.3 is 10.4 Å². The van der Waals surface area contributed by atoms with Crippen molar-refractivity contribution < 1.29 is 5.11 Å². The highest BCUT2D eigenvalue weighted by Gasteiger charge is 2.22. The van der Waals surface area contributed by atoms with E-state index in [2.05, 4.69) is 64.2 Å². The summed E-state index contributed by atoms with van der Waals surface area (Å²) in [5.41, 5.74) is 2.85. The number of hydrogen-bond acceptors (Lipinski definition) is 2. The summed E-state index contributed by atoms with van der Waals surface area (Å²) in [5.74, 6) is 0.853. The highest BCUT2D eigenvalue weighted by molar-refractivity contribution is 5.32. The number of hydrogen-bond donors (Lipinski definition) is 2. The molecule has 0 aliphatic rings. The maximum atomic E-state index is 9.35. The molecule has 0 aliphatic carbocycles. The molecule has 0 aliphatic heterocycles. The molecule has 2 nitrogen and oxygen atoms in total. The van der Waals surface area contributed by atoms with Crippen molar-refractivity contribution in [2.24, 2.45) is 11.8 Å². The van der Waals surface area contributed by atoms with Gasteiger partial charge in [-0.15, -0.1) is 0 Å². The van der Waals surface area contributed by atoms with Gasteiger partial charge in [0.25, 0.3) is 0 Å². The van der Waals surface area contributed by atoms with E-state index in [4.69, 9.17) is 0 Å². The molecule has 0 radical (unpaired) electrons. The van der Waals surface area contributed by atoms with E-state index in [9.17, 15) is 5.11 Å². The van der Waals surface area contributed by atoms with Crippen LogP contribution in [0.5, 0.6) is 0 Å². The predicted octanol–water partition coefficient (Wildman–Crippen LogP) is 3.13. The van der Waals surface area contributed by atoms with Crippen molar-refractivity contribution in [3.8, 4) is 0 Å². The third-order valence-electron chi connectivity index (χ3n) is 4.02. The minimum atomic E-state index is 0.113. The van der Waals surface area contributed by atoms with Crippen molar-refractivity contribution >= 4 is 0 Å². The second-order valence-electron chi connectivity index (χ2n) is 6.52. The zero-order valence-electron chi connectivity index (χ0n) is 13.0. The van der Waals surface area contributed by atoms with Crippen LogP contribution < -0.4 is 5.32 Å². The first-order valence-corrected chi connectivity index (χ1v) is 7.26. The van der Waals surface area contributed by atoms with Crippen LogP contribution in [-0.2, 0) is 5.41 Å². The quantitative estimate of drug-likeness (QED) is 0.792. The maximum absolute atomic E-state index is 9.35. The predicted molar refractivity (Wildman–Crippen MR) is 82.5 cm³/mol. The molecule has 0 saturated carbocycles. The summed E-state index contributed by atoms with van der Waals surface area (Å²) in [6, 6.07) is 8.57. The average Bonchev–Trinajstić information content (AvgIpc) is 2.34. The number of aliphatic hydroxyl groups excluding tert-OH is 1. The first-order valence-electron chi connectivity index (χ1n) is 7.26. The van der Waals surface area contributed by atoms with Crippen LogP contribution in [0.25, 0.3) is 0 Å². The fourth-order valence-electron chi connectivity index (χ4n) is 2.51. The van der Waals surface area contributed by atoms with E-state index in [1.54, 1.807) is 0 Å². The Bertz CT molecular complexity index is 385. The normalized spacial score (nSPS) is 13.8. The Balaban J connectivity index is 2.59. The van der Waals surface area contributed by atoms with Gasteiger partial charge in [-0.25, -0.2) is 0 Å². The monoisotopic (exact) mass is 263 g/mol. The molecule has 0 heterocycles. The van der Waals surface area contributed by atoms with Gasteiger partial charge in [0.05, 0.1) is 0 Å². The van der Waals surface area contributed by atoms with Gasteiger partial charge in [0.1, 0.15) is 0 Å². The summed E-state index contributed by atoms with van der Waals surface area (Å²) >= 11 is 0. The number of aliphatic hydroxyl groups is 1. The molecular weight excluding hydrogens is 234 g/mol. The van der Waals surface area contributed by atoms with Crippen LogP contribution in [0.3, 0.4) is 0 Å². The molecule has 2 heteroatoms. The van der Waals surface area contributed by atoms with E-state index in [0.717, 1.165) is 13.1 Å². The Hall–Kier alpha value is -0.860. The largest absolute Gasteiger partial charge is 0.396 e. The van der Waals surface area contributed by atoms with E-state index in [1.807, 2.05) is 0 Å². The topological polar surface area (TPSA) is 32.3 Å². The Labute approximate surface area is 118 Å².